The van der Waals surface area contributed by atoms with E-state index in [1.807, 2.05) is 37.3 Å². The Labute approximate surface area is 109 Å². The lowest BCUT2D eigenvalue weighted by molar-refractivity contribution is -0.151. The molecule has 1 saturated heterocycles. The third kappa shape index (κ3) is 3.33. The Morgan fingerprint density at radius 1 is 1.44 bits per heavy atom. The van der Waals surface area contributed by atoms with E-state index in [4.69, 9.17) is 4.74 Å². The predicted octanol–water partition coefficient (Wildman–Crippen LogP) is 2.48. The zero-order valence-electron chi connectivity index (χ0n) is 10.9. The Morgan fingerprint density at radius 3 is 2.83 bits per heavy atom. The van der Waals surface area contributed by atoms with Gasteiger partial charge in [-0.3, -0.25) is 4.79 Å². The van der Waals surface area contributed by atoms with Gasteiger partial charge in [0.05, 0.1) is 5.92 Å². The lowest BCUT2D eigenvalue weighted by Gasteiger charge is -2.25. The lowest BCUT2D eigenvalue weighted by atomic mass is 9.96. The van der Waals surface area contributed by atoms with E-state index in [0.717, 1.165) is 37.9 Å². The zero-order chi connectivity index (χ0) is 12.8. The van der Waals surface area contributed by atoms with Gasteiger partial charge in [-0.1, -0.05) is 37.3 Å². The summed E-state index contributed by atoms with van der Waals surface area (Å²) in [5.41, 5.74) is 1.05. The molecule has 1 aromatic rings. The molecule has 0 aliphatic carbocycles. The number of rotatable bonds is 4. The van der Waals surface area contributed by atoms with Gasteiger partial charge in [0.2, 0.25) is 0 Å². The van der Waals surface area contributed by atoms with Crippen molar-refractivity contribution in [3.63, 3.8) is 0 Å². The standard InChI is InChI=1S/C15H21NO2/c1-2-14(12-7-4-3-5-8-12)15(17)18-13-9-6-10-16-11-13/h3-5,7-8,13-14,16H,2,6,9-11H2,1H3. The smallest absolute Gasteiger partial charge is 0.313 e. The molecule has 0 aromatic heterocycles. The van der Waals surface area contributed by atoms with E-state index in [-0.39, 0.29) is 18.0 Å². The summed E-state index contributed by atoms with van der Waals surface area (Å²) in [6.45, 7) is 3.85. The highest BCUT2D eigenvalue weighted by atomic mass is 16.5. The minimum absolute atomic E-state index is 0.0454. The zero-order valence-corrected chi connectivity index (χ0v) is 10.9. The Bertz CT molecular complexity index is 371. The van der Waals surface area contributed by atoms with Gasteiger partial charge < -0.3 is 10.1 Å². The van der Waals surface area contributed by atoms with Gasteiger partial charge in [-0.2, -0.15) is 0 Å². The van der Waals surface area contributed by atoms with E-state index in [9.17, 15) is 4.79 Å². The molecule has 0 saturated carbocycles. The highest BCUT2D eigenvalue weighted by Gasteiger charge is 2.24. The van der Waals surface area contributed by atoms with Crippen molar-refractivity contribution >= 4 is 5.97 Å². The fraction of sp³-hybridized carbons (Fsp3) is 0.533. The molecule has 1 N–H and O–H groups in total. The minimum Gasteiger partial charge on any atom is -0.461 e. The predicted molar refractivity (Wildman–Crippen MR) is 71.5 cm³/mol. The van der Waals surface area contributed by atoms with Gasteiger partial charge in [0.15, 0.2) is 0 Å². The van der Waals surface area contributed by atoms with E-state index in [2.05, 4.69) is 5.32 Å². The first-order valence-electron chi connectivity index (χ1n) is 6.77. The van der Waals surface area contributed by atoms with Crippen molar-refractivity contribution in [2.24, 2.45) is 0 Å². The average Bonchev–Trinajstić information content (AvgIpc) is 2.42. The van der Waals surface area contributed by atoms with E-state index in [0.29, 0.717) is 0 Å². The molecule has 1 aliphatic heterocycles. The summed E-state index contributed by atoms with van der Waals surface area (Å²) in [7, 11) is 0. The maximum absolute atomic E-state index is 12.2. The number of ether oxygens (including phenoxy) is 1. The lowest BCUT2D eigenvalue weighted by Crippen LogP contribution is -2.37. The van der Waals surface area contributed by atoms with Gasteiger partial charge in [-0.15, -0.1) is 0 Å². The Balaban J connectivity index is 1.97. The number of esters is 1. The second-order valence-corrected chi connectivity index (χ2v) is 4.78. The summed E-state index contributed by atoms with van der Waals surface area (Å²) in [6, 6.07) is 9.89. The summed E-state index contributed by atoms with van der Waals surface area (Å²) in [4.78, 5) is 12.2. The highest BCUT2D eigenvalue weighted by Crippen LogP contribution is 2.22. The molecule has 2 unspecified atom stereocenters. The van der Waals surface area contributed by atoms with E-state index in [1.54, 1.807) is 0 Å². The topological polar surface area (TPSA) is 38.3 Å². The van der Waals surface area contributed by atoms with Crippen molar-refractivity contribution in [1.82, 2.24) is 5.32 Å². The van der Waals surface area contributed by atoms with Crippen LogP contribution in [0.15, 0.2) is 30.3 Å². The molecule has 1 fully saturated rings. The molecule has 3 heteroatoms. The Kier molecular flexibility index (Phi) is 4.76. The van der Waals surface area contributed by atoms with Crippen LogP contribution in [0.2, 0.25) is 0 Å². The second kappa shape index (κ2) is 6.55. The Hall–Kier alpha value is -1.35. The number of hydrogen-bond donors (Lipinski definition) is 1. The number of piperidine rings is 1. The normalized spacial score (nSPS) is 21.3. The van der Waals surface area contributed by atoms with Gasteiger partial charge in [0, 0.05) is 6.54 Å². The van der Waals surface area contributed by atoms with Crippen LogP contribution in [0.3, 0.4) is 0 Å². The van der Waals surface area contributed by atoms with Crippen molar-refractivity contribution in [2.75, 3.05) is 13.1 Å². The number of hydrogen-bond acceptors (Lipinski definition) is 3. The van der Waals surface area contributed by atoms with Crippen LogP contribution in [-0.2, 0) is 9.53 Å². The molecule has 3 nitrogen and oxygen atoms in total. The number of benzene rings is 1. The van der Waals surface area contributed by atoms with Crippen LogP contribution in [0.25, 0.3) is 0 Å². The minimum atomic E-state index is -0.131. The van der Waals surface area contributed by atoms with Crippen LogP contribution in [0, 0.1) is 0 Å². The molecule has 1 heterocycles. The van der Waals surface area contributed by atoms with E-state index in [1.165, 1.54) is 0 Å². The summed E-state index contributed by atoms with van der Waals surface area (Å²) < 4.78 is 5.60. The van der Waals surface area contributed by atoms with E-state index < -0.39 is 0 Å². The maximum atomic E-state index is 12.2. The third-order valence-electron chi connectivity index (χ3n) is 3.43. The first-order chi connectivity index (χ1) is 8.81. The van der Waals surface area contributed by atoms with Crippen LogP contribution < -0.4 is 5.32 Å². The van der Waals surface area contributed by atoms with Crippen LogP contribution in [0.5, 0.6) is 0 Å². The summed E-state index contributed by atoms with van der Waals surface area (Å²) in [6.07, 6.45) is 2.89. The monoisotopic (exact) mass is 247 g/mol. The first-order valence-corrected chi connectivity index (χ1v) is 6.77. The van der Waals surface area contributed by atoms with Gasteiger partial charge in [-0.25, -0.2) is 0 Å². The van der Waals surface area contributed by atoms with Crippen LogP contribution in [-0.4, -0.2) is 25.2 Å². The number of nitrogens with one attached hydrogen (secondary N) is 1. The van der Waals surface area contributed by atoms with Gasteiger partial charge >= 0.3 is 5.97 Å². The van der Waals surface area contributed by atoms with Crippen LogP contribution in [0.1, 0.15) is 37.7 Å². The molecule has 0 amide bonds. The van der Waals surface area contributed by atoms with Crippen LogP contribution in [0.4, 0.5) is 0 Å². The molecule has 0 spiro atoms. The van der Waals surface area contributed by atoms with E-state index >= 15 is 0 Å². The van der Waals surface area contributed by atoms with Crippen molar-refractivity contribution in [2.45, 2.75) is 38.2 Å². The molecule has 0 radical (unpaired) electrons. The fourth-order valence-corrected chi connectivity index (χ4v) is 2.39. The van der Waals surface area contributed by atoms with Gasteiger partial charge in [-0.05, 0) is 31.4 Å². The van der Waals surface area contributed by atoms with Gasteiger partial charge in [0.25, 0.3) is 0 Å². The molecular formula is C15H21NO2. The first kappa shape index (κ1) is 13.1. The molecular weight excluding hydrogens is 226 g/mol. The molecule has 1 aromatic carbocycles. The quantitative estimate of drug-likeness (QED) is 0.831. The van der Waals surface area contributed by atoms with Crippen molar-refractivity contribution in [3.05, 3.63) is 35.9 Å². The van der Waals surface area contributed by atoms with Crippen LogP contribution >= 0.6 is 0 Å². The maximum Gasteiger partial charge on any atom is 0.313 e. The average molecular weight is 247 g/mol. The molecule has 98 valence electrons. The molecule has 2 rings (SSSR count). The second-order valence-electron chi connectivity index (χ2n) is 4.78. The SMILES string of the molecule is CCC(C(=O)OC1CCCNC1)c1ccccc1. The summed E-state index contributed by atoms with van der Waals surface area (Å²) in [5.74, 6) is -0.217. The fourth-order valence-electron chi connectivity index (χ4n) is 2.39. The van der Waals surface area contributed by atoms with Crippen molar-refractivity contribution < 1.29 is 9.53 Å². The third-order valence-corrected chi connectivity index (χ3v) is 3.43. The van der Waals surface area contributed by atoms with Crippen molar-refractivity contribution in [1.29, 1.82) is 0 Å². The molecule has 18 heavy (non-hydrogen) atoms. The number of carbonyl (C=O) groups is 1. The molecule has 2 atom stereocenters. The summed E-state index contributed by atoms with van der Waals surface area (Å²) >= 11 is 0. The molecule has 1 aliphatic rings. The van der Waals surface area contributed by atoms with Crippen molar-refractivity contribution in [3.8, 4) is 0 Å². The van der Waals surface area contributed by atoms with Gasteiger partial charge in [0.1, 0.15) is 6.10 Å². The molecule has 0 bridgehead atoms. The number of carbonyl (C=O) groups excluding carboxylic acids is 1. The Morgan fingerprint density at radius 2 is 2.22 bits per heavy atom. The summed E-state index contributed by atoms with van der Waals surface area (Å²) in [5, 5.41) is 3.26. The largest absolute Gasteiger partial charge is 0.461 e. The highest BCUT2D eigenvalue weighted by molar-refractivity contribution is 5.78.